The van der Waals surface area contributed by atoms with Gasteiger partial charge in [0.15, 0.2) is 0 Å². The van der Waals surface area contributed by atoms with Gasteiger partial charge in [0, 0.05) is 6.42 Å². The van der Waals surface area contributed by atoms with Crippen molar-refractivity contribution in [3.05, 3.63) is 83.9 Å². The minimum Gasteiger partial charge on any atom is -0.394 e. The summed E-state index contributed by atoms with van der Waals surface area (Å²) in [7, 11) is 0. The van der Waals surface area contributed by atoms with E-state index in [4.69, 9.17) is 0 Å². The predicted molar refractivity (Wildman–Crippen MR) is 104 cm³/mol. The van der Waals surface area contributed by atoms with Crippen LogP contribution in [0.1, 0.15) is 30.9 Å². The van der Waals surface area contributed by atoms with Crippen molar-refractivity contribution in [3.63, 3.8) is 0 Å². The molecule has 3 nitrogen and oxygen atoms in total. The van der Waals surface area contributed by atoms with E-state index >= 15 is 0 Å². The van der Waals surface area contributed by atoms with Crippen LogP contribution in [-0.4, -0.2) is 23.7 Å². The van der Waals surface area contributed by atoms with Crippen LogP contribution in [0.3, 0.4) is 0 Å². The highest BCUT2D eigenvalue weighted by molar-refractivity contribution is 5.81. The van der Waals surface area contributed by atoms with Crippen LogP contribution in [0.25, 0.3) is 11.6 Å². The zero-order chi connectivity index (χ0) is 17.9. The standard InChI is InChI=1S/C22H25NO2/c1-2-10-22(25)23-21(17-24)20(19-14-7-4-8-15-19)16-9-13-18-11-5-3-6-12-18/h3-9,11-16,21,24H,2,10,17H2,1H3,(H,23,25). The summed E-state index contributed by atoms with van der Waals surface area (Å²) in [5.74, 6) is -0.0459. The van der Waals surface area contributed by atoms with Crippen molar-refractivity contribution in [1.82, 2.24) is 5.32 Å². The molecule has 2 N–H and O–H groups in total. The zero-order valence-electron chi connectivity index (χ0n) is 14.6. The number of nitrogens with one attached hydrogen (secondary N) is 1. The third-order valence-corrected chi connectivity index (χ3v) is 3.84. The molecule has 0 aromatic heterocycles. The van der Waals surface area contributed by atoms with Crippen LogP contribution >= 0.6 is 0 Å². The van der Waals surface area contributed by atoms with Gasteiger partial charge in [-0.25, -0.2) is 0 Å². The number of rotatable bonds is 8. The van der Waals surface area contributed by atoms with Gasteiger partial charge in [-0.05, 0) is 23.1 Å². The Morgan fingerprint density at radius 2 is 1.72 bits per heavy atom. The number of aliphatic hydroxyl groups is 1. The molecule has 2 rings (SSSR count). The maximum absolute atomic E-state index is 12.0. The van der Waals surface area contributed by atoms with Crippen LogP contribution in [0.15, 0.2) is 72.8 Å². The number of amides is 1. The SMILES string of the molecule is CCCC(=O)NC(CO)C(=CC=Cc1ccccc1)c1ccccc1. The molecule has 0 heterocycles. The molecule has 0 spiro atoms. The van der Waals surface area contributed by atoms with Gasteiger partial charge < -0.3 is 10.4 Å². The molecule has 0 radical (unpaired) electrons. The van der Waals surface area contributed by atoms with E-state index in [9.17, 15) is 9.90 Å². The van der Waals surface area contributed by atoms with Gasteiger partial charge >= 0.3 is 0 Å². The molecule has 0 saturated heterocycles. The first kappa shape index (κ1) is 18.7. The van der Waals surface area contributed by atoms with E-state index in [0.29, 0.717) is 6.42 Å². The summed E-state index contributed by atoms with van der Waals surface area (Å²) in [6, 6.07) is 19.4. The van der Waals surface area contributed by atoms with E-state index < -0.39 is 6.04 Å². The third-order valence-electron chi connectivity index (χ3n) is 3.84. The van der Waals surface area contributed by atoms with Crippen LogP contribution in [0, 0.1) is 0 Å². The Labute approximate surface area is 149 Å². The smallest absolute Gasteiger partial charge is 0.220 e. The van der Waals surface area contributed by atoms with Crippen molar-refractivity contribution in [2.24, 2.45) is 0 Å². The number of hydrogen-bond acceptors (Lipinski definition) is 2. The molecule has 3 heteroatoms. The summed E-state index contributed by atoms with van der Waals surface area (Å²) in [4.78, 5) is 12.0. The lowest BCUT2D eigenvalue weighted by Gasteiger charge is -2.20. The van der Waals surface area contributed by atoms with Crippen molar-refractivity contribution in [2.45, 2.75) is 25.8 Å². The Hall–Kier alpha value is -2.65. The van der Waals surface area contributed by atoms with Gasteiger partial charge in [-0.1, -0.05) is 85.8 Å². The lowest BCUT2D eigenvalue weighted by atomic mass is 9.97. The second-order valence-corrected chi connectivity index (χ2v) is 5.81. The topological polar surface area (TPSA) is 49.3 Å². The van der Waals surface area contributed by atoms with E-state index in [2.05, 4.69) is 5.32 Å². The Bertz CT molecular complexity index is 705. The Balaban J connectivity index is 2.27. The Morgan fingerprint density at radius 3 is 2.32 bits per heavy atom. The average molecular weight is 335 g/mol. The maximum atomic E-state index is 12.0. The fourth-order valence-corrected chi connectivity index (χ4v) is 2.59. The number of carbonyl (C=O) groups is 1. The minimum atomic E-state index is -0.429. The molecule has 1 atom stereocenters. The van der Waals surface area contributed by atoms with Crippen molar-refractivity contribution in [3.8, 4) is 0 Å². The molecule has 1 unspecified atom stereocenters. The molecule has 25 heavy (non-hydrogen) atoms. The number of carbonyl (C=O) groups excluding carboxylic acids is 1. The number of hydrogen-bond donors (Lipinski definition) is 2. The van der Waals surface area contributed by atoms with Crippen LogP contribution in [-0.2, 0) is 4.79 Å². The molecule has 0 fully saturated rings. The van der Waals surface area contributed by atoms with Crippen LogP contribution < -0.4 is 5.32 Å². The van der Waals surface area contributed by atoms with Gasteiger partial charge in [0.1, 0.15) is 0 Å². The first-order chi connectivity index (χ1) is 12.2. The maximum Gasteiger partial charge on any atom is 0.220 e. The van der Waals surface area contributed by atoms with Gasteiger partial charge in [-0.15, -0.1) is 0 Å². The summed E-state index contributed by atoms with van der Waals surface area (Å²) in [6.07, 6.45) is 7.15. The van der Waals surface area contributed by atoms with E-state index in [1.54, 1.807) is 0 Å². The summed E-state index contributed by atoms with van der Waals surface area (Å²) in [5, 5.41) is 12.7. The first-order valence-electron chi connectivity index (χ1n) is 8.63. The summed E-state index contributed by atoms with van der Waals surface area (Å²) in [6.45, 7) is 1.82. The number of aliphatic hydroxyl groups excluding tert-OH is 1. The summed E-state index contributed by atoms with van der Waals surface area (Å²) < 4.78 is 0. The van der Waals surface area contributed by atoms with Crippen LogP contribution in [0.5, 0.6) is 0 Å². The largest absolute Gasteiger partial charge is 0.394 e. The van der Waals surface area contributed by atoms with E-state index in [1.165, 1.54) is 0 Å². The third kappa shape index (κ3) is 6.05. The molecule has 2 aromatic rings. The highest BCUT2D eigenvalue weighted by Gasteiger charge is 2.16. The monoisotopic (exact) mass is 335 g/mol. The molecular weight excluding hydrogens is 310 g/mol. The highest BCUT2D eigenvalue weighted by atomic mass is 16.3. The van der Waals surface area contributed by atoms with E-state index in [1.807, 2.05) is 85.8 Å². The van der Waals surface area contributed by atoms with Crippen LogP contribution in [0.4, 0.5) is 0 Å². The van der Waals surface area contributed by atoms with Gasteiger partial charge in [-0.3, -0.25) is 4.79 Å². The Morgan fingerprint density at radius 1 is 1.08 bits per heavy atom. The number of benzene rings is 2. The first-order valence-corrected chi connectivity index (χ1v) is 8.63. The minimum absolute atomic E-state index is 0.0459. The second-order valence-electron chi connectivity index (χ2n) is 5.81. The lowest BCUT2D eigenvalue weighted by molar-refractivity contribution is -0.121. The van der Waals surface area contributed by atoms with Crippen molar-refractivity contribution < 1.29 is 9.90 Å². The van der Waals surface area contributed by atoms with Crippen molar-refractivity contribution >= 4 is 17.6 Å². The molecule has 2 aromatic carbocycles. The van der Waals surface area contributed by atoms with E-state index in [-0.39, 0.29) is 12.5 Å². The fraction of sp³-hybridized carbons (Fsp3) is 0.227. The van der Waals surface area contributed by atoms with E-state index in [0.717, 1.165) is 23.1 Å². The normalized spacial score (nSPS) is 13.0. The van der Waals surface area contributed by atoms with Crippen molar-refractivity contribution in [1.29, 1.82) is 0 Å². The lowest BCUT2D eigenvalue weighted by Crippen LogP contribution is -2.38. The second kappa shape index (κ2) is 10.3. The highest BCUT2D eigenvalue weighted by Crippen LogP contribution is 2.19. The summed E-state index contributed by atoms with van der Waals surface area (Å²) >= 11 is 0. The fourth-order valence-electron chi connectivity index (χ4n) is 2.59. The van der Waals surface area contributed by atoms with Gasteiger partial charge in [-0.2, -0.15) is 0 Å². The summed E-state index contributed by atoms with van der Waals surface area (Å²) in [5.41, 5.74) is 2.97. The quantitative estimate of drug-likeness (QED) is 0.715. The molecule has 0 saturated carbocycles. The molecular formula is C22H25NO2. The zero-order valence-corrected chi connectivity index (χ0v) is 14.6. The predicted octanol–water partition coefficient (Wildman–Crippen LogP) is 4.06. The molecule has 0 aliphatic carbocycles. The van der Waals surface area contributed by atoms with Gasteiger partial charge in [0.2, 0.25) is 5.91 Å². The Kier molecular flexibility index (Phi) is 7.67. The molecule has 1 amide bonds. The molecule has 0 bridgehead atoms. The van der Waals surface area contributed by atoms with Gasteiger partial charge in [0.05, 0.1) is 12.6 Å². The van der Waals surface area contributed by atoms with Crippen molar-refractivity contribution in [2.75, 3.05) is 6.61 Å². The van der Waals surface area contributed by atoms with Gasteiger partial charge in [0.25, 0.3) is 0 Å². The molecule has 0 aliphatic heterocycles. The molecule has 0 aliphatic rings. The number of allylic oxidation sites excluding steroid dienone is 2. The van der Waals surface area contributed by atoms with Crippen LogP contribution in [0.2, 0.25) is 0 Å². The average Bonchev–Trinajstić information content (AvgIpc) is 2.65. The molecule has 130 valence electrons.